The van der Waals surface area contributed by atoms with Crippen molar-refractivity contribution in [2.75, 3.05) is 5.32 Å². The Bertz CT molecular complexity index is 767. The second kappa shape index (κ2) is 7.41. The van der Waals surface area contributed by atoms with Crippen molar-refractivity contribution in [1.82, 2.24) is 0 Å². The van der Waals surface area contributed by atoms with Crippen molar-refractivity contribution in [1.29, 1.82) is 0 Å². The first-order valence-corrected chi connectivity index (χ1v) is 7.40. The van der Waals surface area contributed by atoms with E-state index >= 15 is 0 Å². The van der Waals surface area contributed by atoms with E-state index < -0.39 is 23.8 Å². The third kappa shape index (κ3) is 3.78. The first-order chi connectivity index (χ1) is 11.4. The maximum atomic E-state index is 12.3. The van der Waals surface area contributed by atoms with E-state index in [2.05, 4.69) is 5.32 Å². The van der Waals surface area contributed by atoms with Crippen molar-refractivity contribution >= 4 is 23.5 Å². The Morgan fingerprint density at radius 1 is 0.958 bits per heavy atom. The number of nitrogens with one attached hydrogen (secondary N) is 1. The lowest BCUT2D eigenvalue weighted by Crippen LogP contribution is -2.16. The van der Waals surface area contributed by atoms with Crippen LogP contribution in [0.25, 0.3) is 0 Å². The Kier molecular flexibility index (Phi) is 5.31. The third-order valence-electron chi connectivity index (χ3n) is 3.68. The molecule has 0 bridgehead atoms. The van der Waals surface area contributed by atoms with Crippen LogP contribution in [0.5, 0.6) is 0 Å². The van der Waals surface area contributed by atoms with Crippen LogP contribution in [-0.2, 0) is 4.79 Å². The largest absolute Gasteiger partial charge is 0.481 e. The third-order valence-corrected chi connectivity index (χ3v) is 3.68. The minimum absolute atomic E-state index is 0.0612. The molecule has 0 aliphatic rings. The number of amides is 1. The van der Waals surface area contributed by atoms with E-state index in [0.717, 1.165) is 0 Å². The number of hydrogen-bond donors (Lipinski definition) is 3. The van der Waals surface area contributed by atoms with Crippen LogP contribution < -0.4 is 5.32 Å². The van der Waals surface area contributed by atoms with Gasteiger partial charge in [-0.2, -0.15) is 0 Å². The molecule has 0 aliphatic heterocycles. The summed E-state index contributed by atoms with van der Waals surface area (Å²) in [5.74, 6) is -3.21. The molecular weight excluding hydrogens is 310 g/mol. The summed E-state index contributed by atoms with van der Waals surface area (Å²) in [4.78, 5) is 34.6. The SMILES string of the molecule is CCC(C(=O)O)c1ccc(NC(=O)c2ccccc2C(=O)O)cc1. The average molecular weight is 327 g/mol. The molecule has 3 N–H and O–H groups in total. The molecule has 2 aromatic carbocycles. The minimum Gasteiger partial charge on any atom is -0.481 e. The lowest BCUT2D eigenvalue weighted by Gasteiger charge is -2.12. The Balaban J connectivity index is 2.19. The number of benzene rings is 2. The van der Waals surface area contributed by atoms with Crippen LogP contribution in [0.15, 0.2) is 48.5 Å². The summed E-state index contributed by atoms with van der Waals surface area (Å²) in [7, 11) is 0. The van der Waals surface area contributed by atoms with Crippen molar-refractivity contribution in [2.45, 2.75) is 19.3 Å². The molecule has 0 saturated heterocycles. The summed E-state index contributed by atoms with van der Waals surface area (Å²) < 4.78 is 0. The van der Waals surface area contributed by atoms with Gasteiger partial charge in [0.1, 0.15) is 0 Å². The average Bonchev–Trinajstić information content (AvgIpc) is 2.56. The molecule has 24 heavy (non-hydrogen) atoms. The van der Waals surface area contributed by atoms with Gasteiger partial charge in [0.05, 0.1) is 17.0 Å². The van der Waals surface area contributed by atoms with E-state index in [0.29, 0.717) is 17.7 Å². The van der Waals surface area contributed by atoms with Gasteiger partial charge in [0, 0.05) is 5.69 Å². The molecule has 6 nitrogen and oxygen atoms in total. The lowest BCUT2D eigenvalue weighted by atomic mass is 9.96. The molecular formula is C18H17NO5. The molecule has 1 unspecified atom stereocenters. The van der Waals surface area contributed by atoms with Gasteiger partial charge in [0.25, 0.3) is 5.91 Å². The molecule has 0 aliphatic carbocycles. The number of aliphatic carboxylic acids is 1. The van der Waals surface area contributed by atoms with Gasteiger partial charge >= 0.3 is 11.9 Å². The normalized spacial score (nSPS) is 11.5. The molecule has 0 heterocycles. The molecule has 0 fully saturated rings. The van der Waals surface area contributed by atoms with Crippen LogP contribution in [0.3, 0.4) is 0 Å². The van der Waals surface area contributed by atoms with Gasteiger partial charge in [0.2, 0.25) is 0 Å². The van der Waals surface area contributed by atoms with Gasteiger partial charge in [-0.15, -0.1) is 0 Å². The number of aromatic carboxylic acids is 1. The molecule has 0 radical (unpaired) electrons. The predicted octanol–water partition coefficient (Wildman–Crippen LogP) is 3.22. The fraction of sp³-hybridized carbons (Fsp3) is 0.167. The highest BCUT2D eigenvalue weighted by atomic mass is 16.4. The Labute approximate surface area is 138 Å². The zero-order valence-electron chi connectivity index (χ0n) is 13.0. The van der Waals surface area contributed by atoms with E-state index in [-0.39, 0.29) is 11.1 Å². The molecule has 0 saturated carbocycles. The quantitative estimate of drug-likeness (QED) is 0.756. The van der Waals surface area contributed by atoms with E-state index in [9.17, 15) is 14.4 Å². The smallest absolute Gasteiger partial charge is 0.336 e. The molecule has 2 aromatic rings. The molecule has 6 heteroatoms. The Hall–Kier alpha value is -3.15. The number of carboxylic acids is 2. The van der Waals surface area contributed by atoms with Crippen LogP contribution in [0.1, 0.15) is 45.5 Å². The Morgan fingerprint density at radius 2 is 1.54 bits per heavy atom. The number of rotatable bonds is 6. The van der Waals surface area contributed by atoms with Gasteiger partial charge in [-0.05, 0) is 36.2 Å². The van der Waals surface area contributed by atoms with Crippen molar-refractivity contribution in [2.24, 2.45) is 0 Å². The van der Waals surface area contributed by atoms with Crippen molar-refractivity contribution < 1.29 is 24.6 Å². The van der Waals surface area contributed by atoms with Gasteiger partial charge in [-0.25, -0.2) is 4.79 Å². The number of anilines is 1. The first kappa shape index (κ1) is 17.2. The number of carbonyl (C=O) groups is 3. The highest BCUT2D eigenvalue weighted by Gasteiger charge is 2.18. The summed E-state index contributed by atoms with van der Waals surface area (Å²) >= 11 is 0. The van der Waals surface area contributed by atoms with E-state index in [1.165, 1.54) is 12.1 Å². The summed E-state index contributed by atoms with van der Waals surface area (Å²) in [6.07, 6.45) is 0.465. The Morgan fingerprint density at radius 3 is 2.04 bits per heavy atom. The molecule has 1 atom stereocenters. The number of hydrogen-bond acceptors (Lipinski definition) is 3. The molecule has 0 spiro atoms. The summed E-state index contributed by atoms with van der Waals surface area (Å²) in [5.41, 5.74) is 1.09. The maximum absolute atomic E-state index is 12.3. The topological polar surface area (TPSA) is 104 Å². The fourth-order valence-corrected chi connectivity index (χ4v) is 2.42. The highest BCUT2D eigenvalue weighted by Crippen LogP contribution is 2.22. The van der Waals surface area contributed by atoms with Crippen LogP contribution >= 0.6 is 0 Å². The standard InChI is InChI=1S/C18H17NO5/c1-2-13(17(21)22)11-7-9-12(10-8-11)19-16(20)14-5-3-4-6-15(14)18(23)24/h3-10,13H,2H2,1H3,(H,19,20)(H,21,22)(H,23,24). The maximum Gasteiger partial charge on any atom is 0.336 e. The molecule has 1 amide bonds. The van der Waals surface area contributed by atoms with E-state index in [4.69, 9.17) is 10.2 Å². The second-order valence-electron chi connectivity index (χ2n) is 5.23. The van der Waals surface area contributed by atoms with Crippen LogP contribution in [0.2, 0.25) is 0 Å². The monoisotopic (exact) mass is 327 g/mol. The summed E-state index contributed by atoms with van der Waals surface area (Å²) in [6, 6.07) is 12.4. The van der Waals surface area contributed by atoms with Gasteiger partial charge in [-0.3, -0.25) is 9.59 Å². The van der Waals surface area contributed by atoms with Crippen LogP contribution in [0.4, 0.5) is 5.69 Å². The number of carboxylic acid groups (broad SMARTS) is 2. The summed E-state index contributed by atoms with van der Waals surface area (Å²) in [6.45, 7) is 1.79. The van der Waals surface area contributed by atoms with Gasteiger partial charge < -0.3 is 15.5 Å². The second-order valence-corrected chi connectivity index (χ2v) is 5.23. The zero-order valence-corrected chi connectivity index (χ0v) is 13.0. The highest BCUT2D eigenvalue weighted by molar-refractivity contribution is 6.10. The van der Waals surface area contributed by atoms with E-state index in [1.54, 1.807) is 43.3 Å². The molecule has 124 valence electrons. The van der Waals surface area contributed by atoms with Crippen molar-refractivity contribution in [3.8, 4) is 0 Å². The zero-order chi connectivity index (χ0) is 17.7. The van der Waals surface area contributed by atoms with Crippen LogP contribution in [-0.4, -0.2) is 28.1 Å². The fourth-order valence-electron chi connectivity index (χ4n) is 2.42. The minimum atomic E-state index is -1.18. The van der Waals surface area contributed by atoms with Gasteiger partial charge in [0.15, 0.2) is 0 Å². The van der Waals surface area contributed by atoms with Gasteiger partial charge in [-0.1, -0.05) is 31.2 Å². The lowest BCUT2D eigenvalue weighted by molar-refractivity contribution is -0.138. The van der Waals surface area contributed by atoms with Crippen LogP contribution in [0, 0.1) is 0 Å². The van der Waals surface area contributed by atoms with Crippen molar-refractivity contribution in [3.05, 3.63) is 65.2 Å². The van der Waals surface area contributed by atoms with E-state index in [1.807, 2.05) is 0 Å². The van der Waals surface area contributed by atoms with Crippen molar-refractivity contribution in [3.63, 3.8) is 0 Å². The molecule has 0 aromatic heterocycles. The summed E-state index contributed by atoms with van der Waals surface area (Å²) in [5, 5.41) is 20.9. The molecule has 2 rings (SSSR count). The predicted molar refractivity (Wildman–Crippen MR) is 88.5 cm³/mol. The first-order valence-electron chi connectivity index (χ1n) is 7.40. The number of carbonyl (C=O) groups excluding carboxylic acids is 1.